The van der Waals surface area contributed by atoms with Gasteiger partial charge in [-0.25, -0.2) is 15.1 Å². The zero-order valence-electron chi connectivity index (χ0n) is 18.9. The Balaban J connectivity index is 1.57. The van der Waals surface area contributed by atoms with Crippen LogP contribution in [0.1, 0.15) is 37.0 Å². The van der Waals surface area contributed by atoms with Crippen LogP contribution in [0.2, 0.25) is 0 Å². The average Bonchev–Trinajstić information content (AvgIpc) is 3.29. The van der Waals surface area contributed by atoms with E-state index in [2.05, 4.69) is 37.6 Å². The molecule has 5 rings (SSSR count). The van der Waals surface area contributed by atoms with Gasteiger partial charge in [0.25, 0.3) is 5.82 Å². The van der Waals surface area contributed by atoms with E-state index in [0.717, 1.165) is 21.3 Å². The van der Waals surface area contributed by atoms with Gasteiger partial charge in [-0.3, -0.25) is 4.79 Å². The Morgan fingerprint density at radius 2 is 1.91 bits per heavy atom. The van der Waals surface area contributed by atoms with Crippen molar-refractivity contribution in [2.24, 2.45) is 5.92 Å². The SMILES string of the molecule is CC1=C(C(=O)Nc2cc(C)cc[nH+]2)C(c2ccc(-c3ccc(Br)cc3)o2)C2C(=O)CCC=C2N1. The van der Waals surface area contributed by atoms with Gasteiger partial charge in [0.2, 0.25) is 0 Å². The number of aromatic nitrogens is 1. The van der Waals surface area contributed by atoms with E-state index in [1.165, 1.54) is 0 Å². The maximum Gasteiger partial charge on any atom is 0.337 e. The molecule has 0 bridgehead atoms. The Hall–Kier alpha value is -3.45. The highest BCUT2D eigenvalue weighted by Gasteiger charge is 2.45. The number of fused-ring (bicyclic) bond motifs is 1. The molecule has 0 saturated carbocycles. The van der Waals surface area contributed by atoms with Crippen LogP contribution in [0, 0.1) is 12.8 Å². The van der Waals surface area contributed by atoms with Crippen LogP contribution < -0.4 is 15.6 Å². The van der Waals surface area contributed by atoms with Crippen LogP contribution in [0.4, 0.5) is 5.82 Å². The summed E-state index contributed by atoms with van der Waals surface area (Å²) in [6.45, 7) is 3.83. The van der Waals surface area contributed by atoms with E-state index in [-0.39, 0.29) is 11.7 Å². The van der Waals surface area contributed by atoms with E-state index in [1.54, 1.807) is 6.20 Å². The molecular weight excluding hydrogens is 494 g/mol. The van der Waals surface area contributed by atoms with Crippen molar-refractivity contribution in [3.8, 4) is 11.3 Å². The molecule has 0 radical (unpaired) electrons. The standard InChI is InChI=1S/C27H24BrN3O3/c1-15-12-13-29-23(14-15)31-27(33)24-16(2)30-19-4-3-5-20(32)25(19)26(24)22-11-10-21(34-22)17-6-8-18(28)9-7-17/h4,6-14,25-26,30H,3,5H2,1-2H3,(H,29,31,33)/p+1. The van der Waals surface area contributed by atoms with Crippen LogP contribution >= 0.6 is 15.9 Å². The third-order valence-electron chi connectivity index (χ3n) is 6.33. The van der Waals surface area contributed by atoms with Crippen LogP contribution in [-0.2, 0) is 9.59 Å². The van der Waals surface area contributed by atoms with Crippen LogP contribution in [0.25, 0.3) is 11.3 Å². The smallest absolute Gasteiger partial charge is 0.337 e. The third-order valence-corrected chi connectivity index (χ3v) is 6.86. The second-order valence-electron chi connectivity index (χ2n) is 8.73. The number of carbonyl (C=O) groups is 2. The summed E-state index contributed by atoms with van der Waals surface area (Å²) in [5.74, 6) is 0.725. The summed E-state index contributed by atoms with van der Waals surface area (Å²) in [7, 11) is 0. The van der Waals surface area contributed by atoms with Gasteiger partial charge in [0.1, 0.15) is 17.3 Å². The number of Topliss-reactive ketones (excluding diaryl/α,β-unsaturated/α-hetero) is 1. The van der Waals surface area contributed by atoms with Crippen LogP contribution in [0.15, 0.2) is 86.7 Å². The summed E-state index contributed by atoms with van der Waals surface area (Å²) in [5.41, 5.74) is 4.02. The normalized spacial score (nSPS) is 19.9. The highest BCUT2D eigenvalue weighted by molar-refractivity contribution is 9.10. The van der Waals surface area contributed by atoms with Crippen molar-refractivity contribution in [3.63, 3.8) is 0 Å². The molecule has 3 heterocycles. The van der Waals surface area contributed by atoms with Gasteiger partial charge < -0.3 is 9.73 Å². The number of halogens is 1. The van der Waals surface area contributed by atoms with E-state index >= 15 is 0 Å². The van der Waals surface area contributed by atoms with Crippen molar-refractivity contribution < 1.29 is 19.0 Å². The first-order chi connectivity index (χ1) is 16.4. The zero-order valence-corrected chi connectivity index (χ0v) is 20.5. The maximum atomic E-state index is 13.6. The van der Waals surface area contributed by atoms with E-state index in [4.69, 9.17) is 4.42 Å². The van der Waals surface area contributed by atoms with E-state index in [9.17, 15) is 9.59 Å². The topological polar surface area (TPSA) is 85.5 Å². The Kier molecular flexibility index (Phi) is 5.96. The Labute approximate surface area is 206 Å². The largest absolute Gasteiger partial charge is 0.460 e. The molecule has 1 aromatic carbocycles. The lowest BCUT2D eigenvalue weighted by atomic mass is 9.72. The van der Waals surface area contributed by atoms with Crippen molar-refractivity contribution in [3.05, 3.63) is 93.6 Å². The van der Waals surface area contributed by atoms with Gasteiger partial charge in [-0.1, -0.05) is 34.1 Å². The Morgan fingerprint density at radius 1 is 1.12 bits per heavy atom. The summed E-state index contributed by atoms with van der Waals surface area (Å²) >= 11 is 3.46. The Morgan fingerprint density at radius 3 is 2.68 bits per heavy atom. The monoisotopic (exact) mass is 518 g/mol. The third kappa shape index (κ3) is 4.23. The molecule has 1 aliphatic carbocycles. The van der Waals surface area contributed by atoms with Crippen molar-refractivity contribution in [2.75, 3.05) is 5.32 Å². The Bertz CT molecular complexity index is 1340. The first-order valence-corrected chi connectivity index (χ1v) is 12.1. The van der Waals surface area contributed by atoms with Crippen LogP contribution in [-0.4, -0.2) is 11.7 Å². The lowest BCUT2D eigenvalue weighted by Crippen LogP contribution is -2.41. The number of aromatic amines is 1. The molecule has 0 saturated heterocycles. The van der Waals surface area contributed by atoms with Gasteiger partial charge >= 0.3 is 5.91 Å². The fourth-order valence-corrected chi connectivity index (χ4v) is 5.02. The van der Waals surface area contributed by atoms with Crippen LogP contribution in [0.5, 0.6) is 0 Å². The van der Waals surface area contributed by atoms with Crippen LogP contribution in [0.3, 0.4) is 0 Å². The summed E-state index contributed by atoms with van der Waals surface area (Å²) in [4.78, 5) is 29.7. The number of amides is 1. The molecule has 3 N–H and O–H groups in total. The second kappa shape index (κ2) is 9.06. The fourth-order valence-electron chi connectivity index (χ4n) is 4.75. The lowest BCUT2D eigenvalue weighted by Gasteiger charge is -2.36. The number of furan rings is 1. The first-order valence-electron chi connectivity index (χ1n) is 11.3. The summed E-state index contributed by atoms with van der Waals surface area (Å²) in [6, 6.07) is 15.4. The van der Waals surface area contributed by atoms with Crippen molar-refractivity contribution in [1.82, 2.24) is 5.32 Å². The average molecular weight is 519 g/mol. The van der Waals surface area contributed by atoms with Gasteiger partial charge in [0, 0.05) is 33.9 Å². The number of ketones is 1. The zero-order chi connectivity index (χ0) is 23.8. The number of nitrogens with one attached hydrogen (secondary N) is 3. The van der Waals surface area contributed by atoms with Gasteiger partial charge in [0.05, 0.1) is 23.6 Å². The number of carbonyl (C=O) groups excluding carboxylic acids is 2. The number of hydrogen-bond acceptors (Lipinski definition) is 4. The number of allylic oxidation sites excluding steroid dienone is 3. The molecule has 2 unspecified atom stereocenters. The molecule has 1 amide bonds. The number of rotatable bonds is 4. The molecular formula is C27H25BrN3O3+. The highest BCUT2D eigenvalue weighted by atomic mass is 79.9. The molecule has 3 aromatic rings. The van der Waals surface area contributed by atoms with Gasteiger partial charge in [-0.2, -0.15) is 0 Å². The number of H-pyrrole nitrogens is 1. The van der Waals surface area contributed by atoms with Gasteiger partial charge in [-0.05, 0) is 56.2 Å². The summed E-state index contributed by atoms with van der Waals surface area (Å²) in [5, 5.41) is 6.29. The fraction of sp³-hybridized carbons (Fsp3) is 0.222. The van der Waals surface area contributed by atoms with Crippen molar-refractivity contribution >= 4 is 33.4 Å². The van der Waals surface area contributed by atoms with Crippen molar-refractivity contribution in [1.29, 1.82) is 0 Å². The van der Waals surface area contributed by atoms with Gasteiger partial charge in [0.15, 0.2) is 0 Å². The lowest BCUT2D eigenvalue weighted by molar-refractivity contribution is -0.360. The van der Waals surface area contributed by atoms with E-state index < -0.39 is 11.8 Å². The molecule has 7 heteroatoms. The number of benzene rings is 1. The molecule has 0 spiro atoms. The number of aryl methyl sites for hydroxylation is 1. The minimum atomic E-state index is -0.519. The predicted molar refractivity (Wildman–Crippen MR) is 133 cm³/mol. The first kappa shape index (κ1) is 22.3. The van der Waals surface area contributed by atoms with Crippen molar-refractivity contribution in [2.45, 2.75) is 32.6 Å². The molecule has 0 fully saturated rings. The van der Waals surface area contributed by atoms with Gasteiger partial charge in [-0.15, -0.1) is 0 Å². The minimum absolute atomic E-state index is 0.108. The van der Waals surface area contributed by atoms with E-state index in [0.29, 0.717) is 41.5 Å². The van der Waals surface area contributed by atoms with E-state index in [1.807, 2.05) is 62.4 Å². The minimum Gasteiger partial charge on any atom is -0.460 e. The number of pyridine rings is 1. The number of anilines is 1. The molecule has 2 aliphatic rings. The maximum absolute atomic E-state index is 13.6. The molecule has 172 valence electrons. The molecule has 2 aromatic heterocycles. The molecule has 2 atom stereocenters. The highest BCUT2D eigenvalue weighted by Crippen LogP contribution is 2.45. The molecule has 6 nitrogen and oxygen atoms in total. The second-order valence-corrected chi connectivity index (χ2v) is 9.64. The summed E-state index contributed by atoms with van der Waals surface area (Å²) < 4.78 is 7.28. The predicted octanol–water partition coefficient (Wildman–Crippen LogP) is 5.29. The number of hydrogen-bond donors (Lipinski definition) is 2. The summed E-state index contributed by atoms with van der Waals surface area (Å²) in [6.07, 6.45) is 4.99. The molecule has 34 heavy (non-hydrogen) atoms. The molecule has 1 aliphatic heterocycles. The quantitative estimate of drug-likeness (QED) is 0.491.